The van der Waals surface area contributed by atoms with Crippen LogP contribution in [0.3, 0.4) is 0 Å². The molecule has 0 saturated carbocycles. The minimum atomic E-state index is -0.757. The fourth-order valence-corrected chi connectivity index (χ4v) is 2.49. The molecule has 0 spiro atoms. The zero-order valence-corrected chi connectivity index (χ0v) is 11.1. The van der Waals surface area contributed by atoms with Gasteiger partial charge in [-0.1, -0.05) is 24.6 Å². The van der Waals surface area contributed by atoms with Gasteiger partial charge in [-0.2, -0.15) is 0 Å². The van der Waals surface area contributed by atoms with Gasteiger partial charge in [-0.3, -0.25) is 9.69 Å². The summed E-state index contributed by atoms with van der Waals surface area (Å²) in [4.78, 5) is 13.2. The van der Waals surface area contributed by atoms with Crippen molar-refractivity contribution in [2.45, 2.75) is 31.7 Å². The Balaban J connectivity index is 1.91. The van der Waals surface area contributed by atoms with E-state index in [-0.39, 0.29) is 12.5 Å². The number of nitrogens with zero attached hydrogens (tertiary/aromatic N) is 1. The van der Waals surface area contributed by atoms with Crippen molar-refractivity contribution in [1.29, 1.82) is 0 Å². The summed E-state index contributed by atoms with van der Waals surface area (Å²) in [5.74, 6) is 0.0436. The second kappa shape index (κ2) is 7.14. The maximum absolute atomic E-state index is 11.0. The Morgan fingerprint density at radius 2 is 1.89 bits per heavy atom. The Hall–Kier alpha value is -1.55. The van der Waals surface area contributed by atoms with Gasteiger partial charge in [-0.15, -0.1) is 0 Å². The lowest BCUT2D eigenvalue weighted by Gasteiger charge is -2.33. The van der Waals surface area contributed by atoms with Crippen LogP contribution in [0.2, 0.25) is 0 Å². The fraction of sp³-hybridized carbons (Fsp3) is 0.533. The highest BCUT2D eigenvalue weighted by molar-refractivity contribution is 5.67. The number of likely N-dealkylation sites (tertiary alicyclic amines) is 1. The zero-order valence-electron chi connectivity index (χ0n) is 11.1. The number of carbonyl (C=O) groups is 1. The molecule has 1 unspecified atom stereocenters. The minimum absolute atomic E-state index is 0.0296. The number of ether oxygens (including phenoxy) is 1. The molecule has 1 fully saturated rings. The van der Waals surface area contributed by atoms with E-state index in [9.17, 15) is 4.79 Å². The lowest BCUT2D eigenvalue weighted by Crippen LogP contribution is -2.43. The molecule has 0 aromatic heterocycles. The molecule has 0 aliphatic carbocycles. The van der Waals surface area contributed by atoms with Gasteiger partial charge in [0, 0.05) is 0 Å². The van der Waals surface area contributed by atoms with Crippen LogP contribution >= 0.6 is 0 Å². The van der Waals surface area contributed by atoms with Crippen molar-refractivity contribution in [3.63, 3.8) is 0 Å². The predicted octanol–water partition coefficient (Wildman–Crippen LogP) is 2.39. The minimum Gasteiger partial charge on any atom is -0.492 e. The maximum atomic E-state index is 11.0. The molecule has 1 heterocycles. The highest BCUT2D eigenvalue weighted by Gasteiger charge is 2.23. The first-order chi connectivity index (χ1) is 9.25. The van der Waals surface area contributed by atoms with Crippen molar-refractivity contribution >= 4 is 5.97 Å². The lowest BCUT2D eigenvalue weighted by atomic mass is 10.1. The van der Waals surface area contributed by atoms with Gasteiger partial charge >= 0.3 is 5.97 Å². The summed E-state index contributed by atoms with van der Waals surface area (Å²) in [5, 5.41) is 9.03. The molecule has 1 aliphatic rings. The van der Waals surface area contributed by atoms with Crippen molar-refractivity contribution in [3.05, 3.63) is 30.3 Å². The Morgan fingerprint density at radius 3 is 2.53 bits per heavy atom. The van der Waals surface area contributed by atoms with Crippen molar-refractivity contribution in [2.75, 3.05) is 19.7 Å². The van der Waals surface area contributed by atoms with Crippen LogP contribution in [0, 0.1) is 0 Å². The van der Waals surface area contributed by atoms with Crippen LogP contribution in [-0.4, -0.2) is 41.7 Å². The lowest BCUT2D eigenvalue weighted by molar-refractivity contribution is -0.138. The standard InChI is InChI=1S/C15H21NO3/c17-15(18)11-13(16-9-5-2-6-10-16)12-19-14-7-3-1-4-8-14/h1,3-4,7-8,13H,2,5-6,9-12H2,(H,17,18). The van der Waals surface area contributed by atoms with Crippen LogP contribution in [0.25, 0.3) is 0 Å². The molecule has 0 radical (unpaired) electrons. The van der Waals surface area contributed by atoms with E-state index in [2.05, 4.69) is 4.90 Å². The van der Waals surface area contributed by atoms with Gasteiger partial charge in [0.05, 0.1) is 12.5 Å². The van der Waals surface area contributed by atoms with Crippen molar-refractivity contribution in [2.24, 2.45) is 0 Å². The Bertz CT molecular complexity index is 388. The zero-order chi connectivity index (χ0) is 13.5. The van der Waals surface area contributed by atoms with Gasteiger partial charge < -0.3 is 9.84 Å². The molecule has 1 aromatic carbocycles. The maximum Gasteiger partial charge on any atom is 0.305 e. The van der Waals surface area contributed by atoms with E-state index >= 15 is 0 Å². The van der Waals surface area contributed by atoms with Crippen molar-refractivity contribution < 1.29 is 14.6 Å². The van der Waals surface area contributed by atoms with Crippen LogP contribution < -0.4 is 4.74 Å². The molecule has 1 aliphatic heterocycles. The molecule has 104 valence electrons. The molecule has 2 rings (SSSR count). The largest absolute Gasteiger partial charge is 0.492 e. The SMILES string of the molecule is O=C(O)CC(COc1ccccc1)N1CCCCC1. The summed E-state index contributed by atoms with van der Waals surface area (Å²) in [6, 6.07) is 9.54. The molecule has 1 N–H and O–H groups in total. The van der Waals surface area contributed by atoms with Crippen molar-refractivity contribution in [3.8, 4) is 5.75 Å². The normalized spacial score (nSPS) is 17.9. The summed E-state index contributed by atoms with van der Waals surface area (Å²) in [5.41, 5.74) is 0. The molecular formula is C15H21NO3. The summed E-state index contributed by atoms with van der Waals surface area (Å²) >= 11 is 0. The summed E-state index contributed by atoms with van der Waals surface area (Å²) in [6.45, 7) is 2.41. The van der Waals surface area contributed by atoms with E-state index < -0.39 is 5.97 Å². The highest BCUT2D eigenvalue weighted by atomic mass is 16.5. The number of hydrogen-bond acceptors (Lipinski definition) is 3. The summed E-state index contributed by atoms with van der Waals surface area (Å²) < 4.78 is 5.72. The Kier molecular flexibility index (Phi) is 5.21. The molecule has 0 bridgehead atoms. The number of carboxylic acid groups (broad SMARTS) is 1. The van der Waals surface area contributed by atoms with Crippen LogP contribution in [0.15, 0.2) is 30.3 Å². The molecule has 4 heteroatoms. The number of hydrogen-bond donors (Lipinski definition) is 1. The quantitative estimate of drug-likeness (QED) is 0.856. The molecule has 1 aromatic rings. The number of rotatable bonds is 6. The fourth-order valence-electron chi connectivity index (χ4n) is 2.49. The second-order valence-electron chi connectivity index (χ2n) is 4.97. The molecule has 19 heavy (non-hydrogen) atoms. The number of carboxylic acids is 1. The molecule has 0 amide bonds. The average Bonchev–Trinajstić information content (AvgIpc) is 2.45. The van der Waals surface area contributed by atoms with Gasteiger partial charge in [0.2, 0.25) is 0 Å². The number of para-hydroxylation sites is 1. The van der Waals surface area contributed by atoms with E-state index in [4.69, 9.17) is 9.84 Å². The van der Waals surface area contributed by atoms with Crippen LogP contribution in [0.1, 0.15) is 25.7 Å². The van der Waals surface area contributed by atoms with E-state index in [0.29, 0.717) is 6.61 Å². The first-order valence-corrected chi connectivity index (χ1v) is 6.89. The van der Waals surface area contributed by atoms with Crippen LogP contribution in [-0.2, 0) is 4.79 Å². The Labute approximate surface area is 114 Å². The molecule has 1 atom stereocenters. The van der Waals surface area contributed by atoms with E-state index in [1.165, 1.54) is 6.42 Å². The van der Waals surface area contributed by atoms with Gasteiger partial charge in [0.1, 0.15) is 12.4 Å². The monoisotopic (exact) mass is 263 g/mol. The van der Waals surface area contributed by atoms with Crippen molar-refractivity contribution in [1.82, 2.24) is 4.90 Å². The summed E-state index contributed by atoms with van der Waals surface area (Å²) in [6.07, 6.45) is 3.70. The highest BCUT2D eigenvalue weighted by Crippen LogP contribution is 2.16. The van der Waals surface area contributed by atoms with Crippen LogP contribution in [0.4, 0.5) is 0 Å². The third-order valence-electron chi connectivity index (χ3n) is 3.50. The predicted molar refractivity (Wildman–Crippen MR) is 73.4 cm³/mol. The third-order valence-corrected chi connectivity index (χ3v) is 3.50. The van der Waals surface area contributed by atoms with Crippen LogP contribution in [0.5, 0.6) is 5.75 Å². The number of aliphatic carboxylic acids is 1. The number of piperidine rings is 1. The first kappa shape index (κ1) is 13.9. The van der Waals surface area contributed by atoms with Gasteiger partial charge in [0.15, 0.2) is 0 Å². The average molecular weight is 263 g/mol. The van der Waals surface area contributed by atoms with E-state index in [0.717, 1.165) is 31.7 Å². The Morgan fingerprint density at radius 1 is 1.21 bits per heavy atom. The second-order valence-corrected chi connectivity index (χ2v) is 4.97. The first-order valence-electron chi connectivity index (χ1n) is 6.89. The molecule has 1 saturated heterocycles. The van der Waals surface area contributed by atoms with E-state index in [1.807, 2.05) is 30.3 Å². The van der Waals surface area contributed by atoms with Gasteiger partial charge in [0.25, 0.3) is 0 Å². The van der Waals surface area contributed by atoms with Gasteiger partial charge in [-0.05, 0) is 38.1 Å². The van der Waals surface area contributed by atoms with E-state index in [1.54, 1.807) is 0 Å². The number of benzene rings is 1. The molecular weight excluding hydrogens is 242 g/mol. The van der Waals surface area contributed by atoms with Gasteiger partial charge in [-0.25, -0.2) is 0 Å². The molecule has 4 nitrogen and oxygen atoms in total. The third kappa shape index (κ3) is 4.56. The smallest absolute Gasteiger partial charge is 0.305 e. The topological polar surface area (TPSA) is 49.8 Å². The summed E-state index contributed by atoms with van der Waals surface area (Å²) in [7, 11) is 0.